The zero-order valence-corrected chi connectivity index (χ0v) is 29.9. The van der Waals surface area contributed by atoms with Crippen LogP contribution in [0, 0.1) is 0 Å². The summed E-state index contributed by atoms with van der Waals surface area (Å²) in [5.74, 6) is 1.35. The van der Waals surface area contributed by atoms with Crippen molar-refractivity contribution in [3.8, 4) is 16.9 Å². The number of ether oxygens (including phenoxy) is 1. The highest BCUT2D eigenvalue weighted by Gasteiger charge is 2.36. The van der Waals surface area contributed by atoms with Crippen molar-refractivity contribution in [1.29, 1.82) is 0 Å². The lowest BCUT2D eigenvalue weighted by Crippen LogP contribution is -2.52. The molecule has 2 aliphatic rings. The van der Waals surface area contributed by atoms with Gasteiger partial charge in [0.1, 0.15) is 30.4 Å². The van der Waals surface area contributed by atoms with E-state index in [9.17, 15) is 4.57 Å². The molecule has 0 bridgehead atoms. The molecule has 48 heavy (non-hydrogen) atoms. The van der Waals surface area contributed by atoms with Crippen molar-refractivity contribution in [3.05, 3.63) is 59.2 Å². The van der Waals surface area contributed by atoms with Crippen molar-refractivity contribution in [2.75, 3.05) is 62.7 Å². The number of benzene rings is 2. The number of alkyl halides is 1. The summed E-state index contributed by atoms with van der Waals surface area (Å²) in [7, 11) is 2.74. The fourth-order valence-corrected chi connectivity index (χ4v) is 8.47. The van der Waals surface area contributed by atoms with Crippen molar-refractivity contribution in [1.82, 2.24) is 34.6 Å². The van der Waals surface area contributed by atoms with Crippen LogP contribution in [0.4, 0.5) is 33.2 Å². The van der Waals surface area contributed by atoms with Crippen molar-refractivity contribution in [2.24, 2.45) is 7.05 Å². The van der Waals surface area contributed by atoms with E-state index in [4.69, 9.17) is 9.72 Å². The molecule has 3 aromatic heterocycles. The van der Waals surface area contributed by atoms with Crippen LogP contribution in [0.15, 0.2) is 53.5 Å². The second-order valence-corrected chi connectivity index (χ2v) is 16.7. The van der Waals surface area contributed by atoms with Gasteiger partial charge in [0.05, 0.1) is 46.0 Å². The van der Waals surface area contributed by atoms with Gasteiger partial charge in [0.2, 0.25) is 5.95 Å². The molecule has 1 saturated heterocycles. The van der Waals surface area contributed by atoms with Crippen LogP contribution in [0.1, 0.15) is 12.1 Å². The average Bonchev–Trinajstić information content (AvgIpc) is 3.34. The van der Waals surface area contributed by atoms with E-state index in [0.29, 0.717) is 62.8 Å². The van der Waals surface area contributed by atoms with Gasteiger partial charge in [0, 0.05) is 80.3 Å². The highest BCUT2D eigenvalue weighted by molar-refractivity contribution is 9.10. The maximum absolute atomic E-state index is 15.6. The van der Waals surface area contributed by atoms with Crippen LogP contribution in [0.3, 0.4) is 0 Å². The van der Waals surface area contributed by atoms with Gasteiger partial charge in [-0.2, -0.15) is 10.1 Å². The second-order valence-electron chi connectivity index (χ2n) is 12.7. The first kappa shape index (κ1) is 32.4. The molecule has 0 spiro atoms. The van der Waals surface area contributed by atoms with Crippen LogP contribution in [-0.4, -0.2) is 94.0 Å². The molecule has 1 fully saturated rings. The van der Waals surface area contributed by atoms with E-state index < -0.39 is 13.3 Å². The first-order valence-electron chi connectivity index (χ1n) is 15.7. The van der Waals surface area contributed by atoms with Gasteiger partial charge in [-0.05, 0) is 60.9 Å². The first-order valence-corrected chi connectivity index (χ1v) is 19.1. The lowest BCUT2D eigenvalue weighted by Gasteiger charge is -2.41. The van der Waals surface area contributed by atoms with Gasteiger partial charge in [-0.25, -0.2) is 9.37 Å². The predicted molar refractivity (Wildman–Crippen MR) is 192 cm³/mol. The Bertz CT molecular complexity index is 2070. The molecule has 2 unspecified atom stereocenters. The molecule has 12 nitrogen and oxygen atoms in total. The lowest BCUT2D eigenvalue weighted by atomic mass is 9.98. The first-order chi connectivity index (χ1) is 23.0. The number of anilines is 5. The van der Waals surface area contributed by atoms with Crippen LogP contribution in [-0.2, 0) is 18.0 Å². The number of halogens is 2. The topological polar surface area (TPSA) is 126 Å². The minimum atomic E-state index is -2.79. The molecule has 0 saturated carbocycles. The minimum absolute atomic E-state index is 0.248. The van der Waals surface area contributed by atoms with Gasteiger partial charge in [0.25, 0.3) is 0 Å². The van der Waals surface area contributed by atoms with Crippen LogP contribution < -0.4 is 25.6 Å². The summed E-state index contributed by atoms with van der Waals surface area (Å²) in [6.45, 7) is 5.33. The Morgan fingerprint density at radius 3 is 2.60 bits per heavy atom. The zero-order valence-electron chi connectivity index (χ0n) is 27.4. The SMILES string of the molecule is COc1cc2c(cc1Nc1ncc(Br)c(Nc3ccc4nccnc4c3P(C)(C)=O)n1)-c1cnn(C)c1CCN2C1CCN(C)CC1F. The Labute approximate surface area is 286 Å². The number of likely N-dealkylation sites (tertiary alicyclic amines) is 1. The zero-order chi connectivity index (χ0) is 33.7. The standard InChI is InChI=1S/C33H37BrFN10O2P/c1-43-12-8-27(22(35)18-43)45-13-9-26-20(16-39-44(26)2)19-14-25(29(47-3)15-28(19)45)41-33-38-17-21(34)32(42-33)40-24-7-6-23-30(37-11-10-36-23)31(24)48(4,5)46/h6-7,10-11,14-17,22,27H,8-9,12-13,18H2,1-5H3,(H2,38,40,41,42). The number of hydrogen-bond acceptors (Lipinski definition) is 11. The number of aryl methyl sites for hydroxylation is 1. The number of fused-ring (bicyclic) bond motifs is 4. The predicted octanol–water partition coefficient (Wildman–Crippen LogP) is 5.73. The fraction of sp³-hybridized carbons (Fsp3) is 0.364. The quantitative estimate of drug-likeness (QED) is 0.199. The third kappa shape index (κ3) is 6.01. The van der Waals surface area contributed by atoms with Gasteiger partial charge in [-0.15, -0.1) is 0 Å². The third-order valence-electron chi connectivity index (χ3n) is 9.07. The number of nitrogens with one attached hydrogen (secondary N) is 2. The smallest absolute Gasteiger partial charge is 0.229 e. The summed E-state index contributed by atoms with van der Waals surface area (Å²) in [6.07, 6.45) is 7.22. The van der Waals surface area contributed by atoms with Gasteiger partial charge in [0.15, 0.2) is 0 Å². The number of aromatic nitrogens is 6. The summed E-state index contributed by atoms with van der Waals surface area (Å²) >= 11 is 3.57. The van der Waals surface area contributed by atoms with E-state index in [1.165, 1.54) is 0 Å². The molecule has 0 amide bonds. The molecule has 7 rings (SSSR count). The minimum Gasteiger partial charge on any atom is -0.494 e. The average molecular weight is 736 g/mol. The highest BCUT2D eigenvalue weighted by Crippen LogP contribution is 2.45. The molecule has 2 N–H and O–H groups in total. The van der Waals surface area contributed by atoms with Gasteiger partial charge in [-0.3, -0.25) is 14.6 Å². The van der Waals surface area contributed by atoms with Crippen LogP contribution in [0.25, 0.3) is 22.2 Å². The molecule has 0 radical (unpaired) electrons. The number of nitrogens with zero attached hydrogens (tertiary/aromatic N) is 8. The van der Waals surface area contributed by atoms with Crippen molar-refractivity contribution in [3.63, 3.8) is 0 Å². The molecular weight excluding hydrogens is 698 g/mol. The normalized spacial score (nSPS) is 18.3. The van der Waals surface area contributed by atoms with E-state index in [0.717, 1.165) is 41.9 Å². The summed E-state index contributed by atoms with van der Waals surface area (Å²) in [6, 6.07) is 7.42. The van der Waals surface area contributed by atoms with Gasteiger partial charge >= 0.3 is 0 Å². The fourth-order valence-electron chi connectivity index (χ4n) is 6.79. The van der Waals surface area contributed by atoms with Crippen molar-refractivity contribution < 1.29 is 13.7 Å². The molecule has 250 valence electrons. The Morgan fingerprint density at radius 2 is 1.83 bits per heavy atom. The Morgan fingerprint density at radius 1 is 1.02 bits per heavy atom. The lowest BCUT2D eigenvalue weighted by molar-refractivity contribution is 0.136. The number of piperidine rings is 1. The molecule has 2 atom stereocenters. The van der Waals surface area contributed by atoms with Gasteiger partial charge < -0.3 is 29.7 Å². The Kier molecular flexibility index (Phi) is 8.59. The number of rotatable bonds is 7. The molecular formula is C33H37BrFN10O2P. The van der Waals surface area contributed by atoms with E-state index in [1.54, 1.807) is 39.0 Å². The van der Waals surface area contributed by atoms with Crippen LogP contribution in [0.2, 0.25) is 0 Å². The molecule has 0 aliphatic carbocycles. The monoisotopic (exact) mass is 734 g/mol. The van der Waals surface area contributed by atoms with Crippen molar-refractivity contribution >= 4 is 68.2 Å². The van der Waals surface area contributed by atoms with Crippen LogP contribution in [0.5, 0.6) is 5.75 Å². The third-order valence-corrected chi connectivity index (χ3v) is 11.2. The van der Waals surface area contributed by atoms with E-state index in [2.05, 4.69) is 51.5 Å². The van der Waals surface area contributed by atoms with Crippen molar-refractivity contribution in [2.45, 2.75) is 25.1 Å². The summed E-state index contributed by atoms with van der Waals surface area (Å²) < 4.78 is 37.5. The van der Waals surface area contributed by atoms with Gasteiger partial charge in [-0.1, -0.05) is 0 Å². The van der Waals surface area contributed by atoms with E-state index in [-0.39, 0.29) is 6.04 Å². The Balaban J connectivity index is 1.27. The molecule has 2 aromatic carbocycles. The molecule has 15 heteroatoms. The number of hydrogen-bond donors (Lipinski definition) is 2. The maximum atomic E-state index is 15.6. The second kappa shape index (κ2) is 12.7. The Hall–Kier alpha value is -4.13. The van der Waals surface area contributed by atoms with Crippen LogP contribution >= 0.6 is 23.1 Å². The molecule has 5 heterocycles. The summed E-state index contributed by atoms with van der Waals surface area (Å²) in [5.41, 5.74) is 6.44. The summed E-state index contributed by atoms with van der Waals surface area (Å²) in [4.78, 5) is 22.5. The van der Waals surface area contributed by atoms with E-state index >= 15 is 4.39 Å². The summed E-state index contributed by atoms with van der Waals surface area (Å²) in [5, 5.41) is 11.9. The molecule has 2 aliphatic heterocycles. The van der Waals surface area contributed by atoms with E-state index in [1.807, 2.05) is 54.1 Å². The number of methoxy groups -OCH3 is 1. The largest absolute Gasteiger partial charge is 0.494 e. The highest BCUT2D eigenvalue weighted by atomic mass is 79.9. The maximum Gasteiger partial charge on any atom is 0.229 e. The molecule has 5 aromatic rings.